The summed E-state index contributed by atoms with van der Waals surface area (Å²) in [5, 5.41) is 12.4. The Labute approximate surface area is 114 Å². The molecule has 0 N–H and O–H groups in total. The van der Waals surface area contributed by atoms with Gasteiger partial charge in [0.25, 0.3) is 0 Å². The van der Waals surface area contributed by atoms with Crippen LogP contribution in [0.3, 0.4) is 0 Å². The molecule has 0 bridgehead atoms. The van der Waals surface area contributed by atoms with Crippen LogP contribution in [0.2, 0.25) is 0 Å². The summed E-state index contributed by atoms with van der Waals surface area (Å²) in [4.78, 5) is 0. The van der Waals surface area contributed by atoms with Crippen LogP contribution in [0.1, 0.15) is 30.5 Å². The highest BCUT2D eigenvalue weighted by molar-refractivity contribution is 5.75. The first kappa shape index (κ1) is 13.3. The SMILES string of the molecule is Cc1ccc(/C=[N+](\[O-])C(C)(C)c2ccccc2)cc1. The van der Waals surface area contributed by atoms with Gasteiger partial charge in [-0.05, 0) is 19.1 Å². The van der Waals surface area contributed by atoms with E-state index in [9.17, 15) is 5.21 Å². The average molecular weight is 253 g/mol. The Morgan fingerprint density at radius 3 is 2.11 bits per heavy atom. The number of hydroxylamine groups is 1. The van der Waals surface area contributed by atoms with Crippen molar-refractivity contribution in [1.82, 2.24) is 0 Å². The zero-order valence-corrected chi connectivity index (χ0v) is 11.6. The van der Waals surface area contributed by atoms with Crippen LogP contribution in [-0.4, -0.2) is 11.0 Å². The summed E-state index contributed by atoms with van der Waals surface area (Å²) in [5.74, 6) is 0. The van der Waals surface area contributed by atoms with Gasteiger partial charge in [-0.2, -0.15) is 0 Å². The summed E-state index contributed by atoms with van der Waals surface area (Å²) in [6.45, 7) is 5.90. The van der Waals surface area contributed by atoms with Crippen molar-refractivity contribution in [2.45, 2.75) is 26.3 Å². The predicted octanol–water partition coefficient (Wildman–Crippen LogP) is 3.86. The number of hydrogen-bond acceptors (Lipinski definition) is 1. The lowest BCUT2D eigenvalue weighted by atomic mass is 9.95. The van der Waals surface area contributed by atoms with Crippen LogP contribution in [0.4, 0.5) is 0 Å². The van der Waals surface area contributed by atoms with Gasteiger partial charge in [-0.1, -0.05) is 48.0 Å². The minimum Gasteiger partial charge on any atom is -0.623 e. The monoisotopic (exact) mass is 253 g/mol. The van der Waals surface area contributed by atoms with E-state index in [0.717, 1.165) is 15.9 Å². The number of aryl methyl sites for hydroxylation is 1. The fraction of sp³-hybridized carbons (Fsp3) is 0.235. The molecule has 0 aromatic heterocycles. The number of nitrogens with zero attached hydrogens (tertiary/aromatic N) is 1. The van der Waals surface area contributed by atoms with Crippen LogP contribution in [0.5, 0.6) is 0 Å². The molecule has 0 atom stereocenters. The zero-order chi connectivity index (χ0) is 13.9. The third-order valence-corrected chi connectivity index (χ3v) is 3.37. The fourth-order valence-electron chi connectivity index (χ4n) is 1.92. The minimum absolute atomic E-state index is 0.577. The second kappa shape index (κ2) is 5.27. The standard InChI is InChI=1S/C17H19NO/c1-14-9-11-15(12-10-14)13-18(19)17(2,3)16-7-5-4-6-8-16/h4-13H,1-3H3/b18-13-. The molecule has 0 aliphatic carbocycles. The van der Waals surface area contributed by atoms with E-state index in [1.165, 1.54) is 5.56 Å². The first-order valence-electron chi connectivity index (χ1n) is 6.44. The molecule has 0 aliphatic rings. The zero-order valence-electron chi connectivity index (χ0n) is 11.6. The molecule has 0 amide bonds. The van der Waals surface area contributed by atoms with Crippen molar-refractivity contribution in [2.75, 3.05) is 0 Å². The Morgan fingerprint density at radius 2 is 1.53 bits per heavy atom. The second-order valence-corrected chi connectivity index (χ2v) is 5.29. The number of rotatable bonds is 3. The van der Waals surface area contributed by atoms with Crippen LogP contribution in [-0.2, 0) is 5.54 Å². The smallest absolute Gasteiger partial charge is 0.192 e. The van der Waals surface area contributed by atoms with Crippen molar-refractivity contribution < 1.29 is 4.74 Å². The second-order valence-electron chi connectivity index (χ2n) is 5.29. The topological polar surface area (TPSA) is 26.1 Å². The van der Waals surface area contributed by atoms with Crippen molar-refractivity contribution in [3.63, 3.8) is 0 Å². The van der Waals surface area contributed by atoms with Crippen LogP contribution >= 0.6 is 0 Å². The normalized spacial score (nSPS) is 12.5. The van der Waals surface area contributed by atoms with Gasteiger partial charge < -0.3 is 5.21 Å². The maximum atomic E-state index is 12.4. The molecule has 0 saturated carbocycles. The summed E-state index contributed by atoms with van der Waals surface area (Å²) in [7, 11) is 0. The van der Waals surface area contributed by atoms with Gasteiger partial charge >= 0.3 is 0 Å². The van der Waals surface area contributed by atoms with Crippen molar-refractivity contribution in [3.05, 3.63) is 76.5 Å². The van der Waals surface area contributed by atoms with Crippen LogP contribution < -0.4 is 0 Å². The molecule has 0 saturated heterocycles. The van der Waals surface area contributed by atoms with Crippen molar-refractivity contribution in [1.29, 1.82) is 0 Å². The summed E-state index contributed by atoms with van der Waals surface area (Å²) in [6, 6.07) is 17.8. The van der Waals surface area contributed by atoms with Crippen LogP contribution in [0.15, 0.2) is 54.6 Å². The van der Waals surface area contributed by atoms with Crippen molar-refractivity contribution >= 4 is 6.21 Å². The Morgan fingerprint density at radius 1 is 0.947 bits per heavy atom. The van der Waals surface area contributed by atoms with Gasteiger partial charge in [-0.3, -0.25) is 0 Å². The van der Waals surface area contributed by atoms with Crippen LogP contribution in [0, 0.1) is 12.1 Å². The predicted molar refractivity (Wildman–Crippen MR) is 79.4 cm³/mol. The average Bonchev–Trinajstić information content (AvgIpc) is 2.42. The molecule has 98 valence electrons. The Bertz CT molecular complexity index is 568. The largest absolute Gasteiger partial charge is 0.623 e. The third kappa shape index (κ3) is 3.02. The lowest BCUT2D eigenvalue weighted by Gasteiger charge is -2.24. The molecule has 2 nitrogen and oxygen atoms in total. The number of benzene rings is 2. The molecule has 0 aliphatic heterocycles. The molecular formula is C17H19NO. The Hall–Kier alpha value is -2.09. The molecule has 2 aromatic rings. The lowest BCUT2D eigenvalue weighted by molar-refractivity contribution is -0.545. The minimum atomic E-state index is -0.577. The van der Waals surface area contributed by atoms with E-state index in [-0.39, 0.29) is 0 Å². The van der Waals surface area contributed by atoms with E-state index in [2.05, 4.69) is 0 Å². The molecule has 0 radical (unpaired) electrons. The molecule has 0 heterocycles. The van der Waals surface area contributed by atoms with Gasteiger partial charge in [-0.25, -0.2) is 4.74 Å². The van der Waals surface area contributed by atoms with E-state index < -0.39 is 5.54 Å². The van der Waals surface area contributed by atoms with Crippen LogP contribution in [0.25, 0.3) is 0 Å². The number of hydrogen-bond donors (Lipinski definition) is 0. The summed E-state index contributed by atoms with van der Waals surface area (Å²) >= 11 is 0. The van der Waals surface area contributed by atoms with Gasteiger partial charge in [0.2, 0.25) is 0 Å². The van der Waals surface area contributed by atoms with E-state index in [0.29, 0.717) is 0 Å². The van der Waals surface area contributed by atoms with E-state index in [1.54, 1.807) is 6.21 Å². The maximum absolute atomic E-state index is 12.4. The quantitative estimate of drug-likeness (QED) is 0.353. The summed E-state index contributed by atoms with van der Waals surface area (Å²) in [6.07, 6.45) is 1.65. The Balaban J connectivity index is 2.32. The highest BCUT2D eigenvalue weighted by Crippen LogP contribution is 2.23. The third-order valence-electron chi connectivity index (χ3n) is 3.37. The van der Waals surface area contributed by atoms with Gasteiger partial charge in [-0.15, -0.1) is 0 Å². The molecule has 19 heavy (non-hydrogen) atoms. The molecule has 2 rings (SSSR count). The summed E-state index contributed by atoms with van der Waals surface area (Å²) in [5.41, 5.74) is 2.54. The van der Waals surface area contributed by atoms with Gasteiger partial charge in [0, 0.05) is 25.0 Å². The van der Waals surface area contributed by atoms with Gasteiger partial charge in [0.1, 0.15) is 0 Å². The highest BCUT2D eigenvalue weighted by atomic mass is 16.5. The first-order valence-corrected chi connectivity index (χ1v) is 6.44. The highest BCUT2D eigenvalue weighted by Gasteiger charge is 2.28. The lowest BCUT2D eigenvalue weighted by Crippen LogP contribution is -2.30. The molecular weight excluding hydrogens is 234 g/mol. The van der Waals surface area contributed by atoms with Crippen molar-refractivity contribution in [3.8, 4) is 0 Å². The van der Waals surface area contributed by atoms with E-state index in [4.69, 9.17) is 0 Å². The maximum Gasteiger partial charge on any atom is 0.192 e. The molecule has 2 heteroatoms. The van der Waals surface area contributed by atoms with Crippen molar-refractivity contribution in [2.24, 2.45) is 0 Å². The summed E-state index contributed by atoms with van der Waals surface area (Å²) < 4.78 is 1.02. The first-order chi connectivity index (χ1) is 9.00. The van der Waals surface area contributed by atoms with Gasteiger partial charge in [0.15, 0.2) is 11.8 Å². The molecule has 0 fully saturated rings. The van der Waals surface area contributed by atoms with Gasteiger partial charge in [0.05, 0.1) is 0 Å². The molecule has 0 spiro atoms. The Kier molecular flexibility index (Phi) is 3.70. The molecule has 2 aromatic carbocycles. The molecule has 0 unspecified atom stereocenters. The van der Waals surface area contributed by atoms with E-state index in [1.807, 2.05) is 75.4 Å². The fourth-order valence-corrected chi connectivity index (χ4v) is 1.92. The van der Waals surface area contributed by atoms with E-state index >= 15 is 0 Å².